The third-order valence-corrected chi connectivity index (χ3v) is 3.18. The second kappa shape index (κ2) is 3.97. The Morgan fingerprint density at radius 2 is 2.15 bits per heavy atom. The lowest BCUT2D eigenvalue weighted by Crippen LogP contribution is -2.44. The molecule has 0 aromatic rings. The van der Waals surface area contributed by atoms with Gasteiger partial charge in [-0.2, -0.15) is 0 Å². The Hall–Kier alpha value is -0.0800. The lowest BCUT2D eigenvalue weighted by atomic mass is 9.84. The maximum atomic E-state index is 6.29. The highest BCUT2D eigenvalue weighted by Gasteiger charge is 2.38. The summed E-state index contributed by atoms with van der Waals surface area (Å²) in [7, 11) is 0. The molecule has 1 heterocycles. The zero-order valence-electron chi connectivity index (χ0n) is 9.51. The molecule has 0 aromatic heterocycles. The molecule has 2 nitrogen and oxygen atoms in total. The van der Waals surface area contributed by atoms with Crippen LogP contribution in [0.15, 0.2) is 0 Å². The largest absolute Gasteiger partial charge is 0.324 e. The van der Waals surface area contributed by atoms with Gasteiger partial charge in [0.15, 0.2) is 0 Å². The zero-order chi connectivity index (χ0) is 10.1. The third kappa shape index (κ3) is 2.68. The predicted octanol–water partition coefficient (Wildman–Crippen LogP) is 1.70. The summed E-state index contributed by atoms with van der Waals surface area (Å²) in [4.78, 5) is 2.47. The first-order chi connectivity index (χ1) is 5.95. The molecule has 1 rings (SSSR count). The molecule has 2 N–H and O–H groups in total. The van der Waals surface area contributed by atoms with Gasteiger partial charge in [0.25, 0.3) is 0 Å². The van der Waals surface area contributed by atoms with E-state index in [0.717, 1.165) is 19.0 Å². The number of likely N-dealkylation sites (N-methyl/N-ethyl adjacent to an activating group) is 1. The van der Waals surface area contributed by atoms with E-state index in [1.807, 2.05) is 0 Å². The second-order valence-electron chi connectivity index (χ2n) is 5.16. The SMILES string of the molecule is CCN1C[C@H](CC(C)C)[C@@](C)(N)C1. The maximum absolute atomic E-state index is 6.29. The van der Waals surface area contributed by atoms with Crippen molar-refractivity contribution in [1.29, 1.82) is 0 Å². The number of rotatable bonds is 3. The van der Waals surface area contributed by atoms with Gasteiger partial charge >= 0.3 is 0 Å². The summed E-state index contributed by atoms with van der Waals surface area (Å²) in [6, 6.07) is 0. The van der Waals surface area contributed by atoms with Crippen molar-refractivity contribution in [2.24, 2.45) is 17.6 Å². The third-order valence-electron chi connectivity index (χ3n) is 3.18. The van der Waals surface area contributed by atoms with Crippen LogP contribution >= 0.6 is 0 Å². The minimum atomic E-state index is 0.0419. The van der Waals surface area contributed by atoms with E-state index >= 15 is 0 Å². The van der Waals surface area contributed by atoms with Crippen molar-refractivity contribution in [2.75, 3.05) is 19.6 Å². The van der Waals surface area contributed by atoms with Crippen LogP contribution < -0.4 is 5.73 Å². The molecule has 0 aromatic carbocycles. The summed E-state index contributed by atoms with van der Waals surface area (Å²) in [5, 5.41) is 0. The summed E-state index contributed by atoms with van der Waals surface area (Å²) in [6.07, 6.45) is 1.27. The quantitative estimate of drug-likeness (QED) is 0.723. The molecule has 1 aliphatic heterocycles. The van der Waals surface area contributed by atoms with Gasteiger partial charge in [-0.15, -0.1) is 0 Å². The summed E-state index contributed by atoms with van der Waals surface area (Å²) in [6.45, 7) is 12.4. The molecule has 1 aliphatic rings. The lowest BCUT2D eigenvalue weighted by molar-refractivity contribution is 0.316. The van der Waals surface area contributed by atoms with Crippen molar-refractivity contribution >= 4 is 0 Å². The van der Waals surface area contributed by atoms with Crippen molar-refractivity contribution in [3.63, 3.8) is 0 Å². The Morgan fingerprint density at radius 3 is 2.54 bits per heavy atom. The number of hydrogen-bond donors (Lipinski definition) is 1. The Balaban J connectivity index is 2.54. The second-order valence-corrected chi connectivity index (χ2v) is 5.16. The molecule has 78 valence electrons. The molecule has 0 unspecified atom stereocenters. The normalized spacial score (nSPS) is 36.0. The van der Waals surface area contributed by atoms with Crippen molar-refractivity contribution in [1.82, 2.24) is 4.90 Å². The molecular weight excluding hydrogens is 160 g/mol. The van der Waals surface area contributed by atoms with Gasteiger partial charge in [-0.1, -0.05) is 20.8 Å². The van der Waals surface area contributed by atoms with Crippen LogP contribution in [0.25, 0.3) is 0 Å². The highest BCUT2D eigenvalue weighted by atomic mass is 15.2. The summed E-state index contributed by atoms with van der Waals surface area (Å²) < 4.78 is 0. The molecule has 2 heteroatoms. The molecule has 0 saturated carbocycles. The average molecular weight is 184 g/mol. The van der Waals surface area contributed by atoms with E-state index < -0.39 is 0 Å². The molecular formula is C11H24N2. The van der Waals surface area contributed by atoms with Crippen molar-refractivity contribution in [2.45, 2.75) is 39.7 Å². The van der Waals surface area contributed by atoms with Crippen LogP contribution in [0.5, 0.6) is 0 Å². The van der Waals surface area contributed by atoms with Gasteiger partial charge in [-0.05, 0) is 31.7 Å². The van der Waals surface area contributed by atoms with Gasteiger partial charge in [0.1, 0.15) is 0 Å². The van der Waals surface area contributed by atoms with E-state index in [0.29, 0.717) is 5.92 Å². The van der Waals surface area contributed by atoms with Gasteiger partial charge in [0, 0.05) is 18.6 Å². The molecule has 0 amide bonds. The fraction of sp³-hybridized carbons (Fsp3) is 1.00. The fourth-order valence-corrected chi connectivity index (χ4v) is 2.35. The average Bonchev–Trinajstić information content (AvgIpc) is 2.26. The molecule has 2 atom stereocenters. The van der Waals surface area contributed by atoms with Crippen molar-refractivity contribution in [3.8, 4) is 0 Å². The first-order valence-electron chi connectivity index (χ1n) is 5.47. The molecule has 0 spiro atoms. The number of nitrogens with zero attached hydrogens (tertiary/aromatic N) is 1. The minimum Gasteiger partial charge on any atom is -0.324 e. The van der Waals surface area contributed by atoms with Gasteiger partial charge in [0.05, 0.1) is 0 Å². The monoisotopic (exact) mass is 184 g/mol. The Kier molecular flexibility index (Phi) is 3.36. The standard InChI is InChI=1S/C11H24N2/c1-5-13-7-10(6-9(2)3)11(4,12)8-13/h9-10H,5-8,12H2,1-4H3/t10-,11-/m0/s1. The van der Waals surface area contributed by atoms with Crippen LogP contribution in [0.4, 0.5) is 0 Å². The number of nitrogens with two attached hydrogens (primary N) is 1. The maximum Gasteiger partial charge on any atom is 0.0295 e. The van der Waals surface area contributed by atoms with E-state index in [4.69, 9.17) is 5.73 Å². The molecule has 0 aliphatic carbocycles. The van der Waals surface area contributed by atoms with Crippen LogP contribution in [-0.4, -0.2) is 30.1 Å². The van der Waals surface area contributed by atoms with Crippen LogP contribution in [-0.2, 0) is 0 Å². The van der Waals surface area contributed by atoms with E-state index in [9.17, 15) is 0 Å². The lowest BCUT2D eigenvalue weighted by Gasteiger charge is -2.26. The molecule has 0 radical (unpaired) electrons. The number of likely N-dealkylation sites (tertiary alicyclic amines) is 1. The van der Waals surface area contributed by atoms with Gasteiger partial charge < -0.3 is 10.6 Å². The van der Waals surface area contributed by atoms with Gasteiger partial charge in [-0.25, -0.2) is 0 Å². The number of hydrogen-bond acceptors (Lipinski definition) is 2. The Morgan fingerprint density at radius 1 is 1.54 bits per heavy atom. The topological polar surface area (TPSA) is 29.3 Å². The van der Waals surface area contributed by atoms with Gasteiger partial charge in [-0.3, -0.25) is 0 Å². The first kappa shape index (κ1) is 11.0. The summed E-state index contributed by atoms with van der Waals surface area (Å²) >= 11 is 0. The fourth-order valence-electron chi connectivity index (χ4n) is 2.35. The Bertz CT molecular complexity index is 163. The highest BCUT2D eigenvalue weighted by molar-refractivity contribution is 4.97. The van der Waals surface area contributed by atoms with Crippen LogP contribution in [0.3, 0.4) is 0 Å². The Labute approximate surface area is 82.5 Å². The van der Waals surface area contributed by atoms with Crippen LogP contribution in [0.2, 0.25) is 0 Å². The van der Waals surface area contributed by atoms with E-state index in [2.05, 4.69) is 32.6 Å². The highest BCUT2D eigenvalue weighted by Crippen LogP contribution is 2.29. The van der Waals surface area contributed by atoms with Crippen LogP contribution in [0.1, 0.15) is 34.1 Å². The first-order valence-corrected chi connectivity index (χ1v) is 5.47. The molecule has 1 fully saturated rings. The van der Waals surface area contributed by atoms with E-state index in [-0.39, 0.29) is 5.54 Å². The van der Waals surface area contributed by atoms with Crippen LogP contribution in [0, 0.1) is 11.8 Å². The molecule has 0 bridgehead atoms. The predicted molar refractivity (Wildman–Crippen MR) is 57.7 cm³/mol. The summed E-state index contributed by atoms with van der Waals surface area (Å²) in [5.74, 6) is 1.46. The van der Waals surface area contributed by atoms with E-state index in [1.165, 1.54) is 13.0 Å². The van der Waals surface area contributed by atoms with Crippen molar-refractivity contribution in [3.05, 3.63) is 0 Å². The smallest absolute Gasteiger partial charge is 0.0295 e. The molecule has 1 saturated heterocycles. The zero-order valence-corrected chi connectivity index (χ0v) is 9.51. The minimum absolute atomic E-state index is 0.0419. The van der Waals surface area contributed by atoms with Gasteiger partial charge in [0.2, 0.25) is 0 Å². The molecule has 13 heavy (non-hydrogen) atoms. The van der Waals surface area contributed by atoms with E-state index in [1.54, 1.807) is 0 Å². The summed E-state index contributed by atoms with van der Waals surface area (Å²) in [5.41, 5.74) is 6.34. The van der Waals surface area contributed by atoms with Crippen molar-refractivity contribution < 1.29 is 0 Å².